The molecule has 0 spiro atoms. The largest absolute Gasteiger partial charge is 0.467 e. The molecular weight excluding hydrogens is 254 g/mol. The minimum absolute atomic E-state index is 0.632. The van der Waals surface area contributed by atoms with Crippen molar-refractivity contribution in [2.75, 3.05) is 13.6 Å². The molecule has 0 atom stereocenters. The van der Waals surface area contributed by atoms with Crippen LogP contribution in [0.15, 0.2) is 34.0 Å². The molecule has 20 heavy (non-hydrogen) atoms. The van der Waals surface area contributed by atoms with Crippen LogP contribution in [0.4, 0.5) is 0 Å². The van der Waals surface area contributed by atoms with Crippen molar-refractivity contribution < 1.29 is 4.42 Å². The molecule has 0 aliphatic rings. The van der Waals surface area contributed by atoms with E-state index in [-0.39, 0.29) is 0 Å². The number of hydrogen-bond donors (Lipinski definition) is 3. The fraction of sp³-hybridized carbons (Fsp3) is 0.429. The summed E-state index contributed by atoms with van der Waals surface area (Å²) in [5.74, 6) is 1.67. The standard InChI is InChI=1S/C14H21N5O/c1-11-12(9-18-19-11)5-3-7-16-14(15-2)17-10-13-6-4-8-20-13/h4,6,8-9H,3,5,7,10H2,1-2H3,(H,18,19)(H2,15,16,17). The van der Waals surface area contributed by atoms with Crippen LogP contribution in [-0.4, -0.2) is 29.7 Å². The number of aromatic amines is 1. The third-order valence-electron chi connectivity index (χ3n) is 3.08. The zero-order chi connectivity index (χ0) is 14.2. The van der Waals surface area contributed by atoms with Crippen molar-refractivity contribution in [2.24, 2.45) is 4.99 Å². The van der Waals surface area contributed by atoms with Crippen molar-refractivity contribution >= 4 is 5.96 Å². The Morgan fingerprint density at radius 1 is 1.45 bits per heavy atom. The van der Waals surface area contributed by atoms with Crippen molar-refractivity contribution in [3.8, 4) is 0 Å². The van der Waals surface area contributed by atoms with E-state index in [0.29, 0.717) is 6.54 Å². The van der Waals surface area contributed by atoms with E-state index in [1.807, 2.05) is 25.3 Å². The zero-order valence-corrected chi connectivity index (χ0v) is 11.9. The highest BCUT2D eigenvalue weighted by molar-refractivity contribution is 5.79. The minimum atomic E-state index is 0.632. The monoisotopic (exact) mass is 275 g/mol. The number of hydrogen-bond acceptors (Lipinski definition) is 3. The lowest BCUT2D eigenvalue weighted by Crippen LogP contribution is -2.37. The first-order chi connectivity index (χ1) is 9.79. The lowest BCUT2D eigenvalue weighted by atomic mass is 10.1. The second-order valence-corrected chi connectivity index (χ2v) is 4.56. The summed E-state index contributed by atoms with van der Waals surface area (Å²) in [6.07, 6.45) is 5.59. The van der Waals surface area contributed by atoms with Crippen molar-refractivity contribution in [1.29, 1.82) is 0 Å². The highest BCUT2D eigenvalue weighted by atomic mass is 16.3. The molecule has 0 radical (unpaired) electrons. The molecule has 0 unspecified atom stereocenters. The summed E-state index contributed by atoms with van der Waals surface area (Å²) in [5, 5.41) is 13.5. The summed E-state index contributed by atoms with van der Waals surface area (Å²) in [6.45, 7) is 3.54. The van der Waals surface area contributed by atoms with Crippen molar-refractivity contribution in [1.82, 2.24) is 20.8 Å². The molecule has 0 saturated heterocycles. The van der Waals surface area contributed by atoms with Gasteiger partial charge in [-0.1, -0.05) is 0 Å². The molecular formula is C14H21N5O. The number of aromatic nitrogens is 2. The molecule has 2 aromatic heterocycles. The number of nitrogens with one attached hydrogen (secondary N) is 3. The summed E-state index contributed by atoms with van der Waals surface area (Å²) in [4.78, 5) is 4.17. The molecule has 2 heterocycles. The van der Waals surface area contributed by atoms with Gasteiger partial charge in [0.25, 0.3) is 0 Å². The third-order valence-corrected chi connectivity index (χ3v) is 3.08. The van der Waals surface area contributed by atoms with Gasteiger partial charge in [0.1, 0.15) is 5.76 Å². The number of furan rings is 1. The van der Waals surface area contributed by atoms with Gasteiger partial charge < -0.3 is 15.1 Å². The Morgan fingerprint density at radius 3 is 3.00 bits per heavy atom. The van der Waals surface area contributed by atoms with Gasteiger partial charge in [-0.15, -0.1) is 0 Å². The number of rotatable bonds is 6. The second kappa shape index (κ2) is 7.37. The minimum Gasteiger partial charge on any atom is -0.467 e. The first-order valence-electron chi connectivity index (χ1n) is 6.75. The van der Waals surface area contributed by atoms with Crippen molar-refractivity contribution in [3.05, 3.63) is 41.6 Å². The molecule has 0 fully saturated rings. The van der Waals surface area contributed by atoms with Gasteiger partial charge in [0.15, 0.2) is 5.96 Å². The average Bonchev–Trinajstić information content (AvgIpc) is 3.10. The fourth-order valence-corrected chi connectivity index (χ4v) is 1.92. The lowest BCUT2D eigenvalue weighted by molar-refractivity contribution is 0.501. The predicted molar refractivity (Wildman–Crippen MR) is 78.6 cm³/mol. The smallest absolute Gasteiger partial charge is 0.191 e. The molecule has 0 amide bonds. The number of aliphatic imine (C=N–C) groups is 1. The van der Waals surface area contributed by atoms with Crippen LogP contribution in [0.25, 0.3) is 0 Å². The van der Waals surface area contributed by atoms with Gasteiger partial charge in [-0.2, -0.15) is 5.10 Å². The molecule has 0 aromatic carbocycles. The van der Waals surface area contributed by atoms with E-state index >= 15 is 0 Å². The maximum atomic E-state index is 5.26. The predicted octanol–water partition coefficient (Wildman–Crippen LogP) is 1.61. The van der Waals surface area contributed by atoms with Crippen LogP contribution in [0.1, 0.15) is 23.4 Å². The molecule has 3 N–H and O–H groups in total. The Labute approximate surface area is 118 Å². The number of H-pyrrole nitrogens is 1. The van der Waals surface area contributed by atoms with Crippen LogP contribution < -0.4 is 10.6 Å². The molecule has 6 heteroatoms. The van der Waals surface area contributed by atoms with E-state index in [2.05, 4.69) is 25.8 Å². The number of aryl methyl sites for hydroxylation is 2. The SMILES string of the molecule is CN=C(NCCCc1cn[nH]c1C)NCc1ccco1. The summed E-state index contributed by atoms with van der Waals surface area (Å²) < 4.78 is 5.26. The molecule has 2 aromatic rings. The Balaban J connectivity index is 1.65. The highest BCUT2D eigenvalue weighted by Gasteiger charge is 2.02. The van der Waals surface area contributed by atoms with E-state index in [1.165, 1.54) is 5.56 Å². The molecule has 2 rings (SSSR count). The highest BCUT2D eigenvalue weighted by Crippen LogP contribution is 2.05. The van der Waals surface area contributed by atoms with E-state index in [1.54, 1.807) is 13.3 Å². The van der Waals surface area contributed by atoms with Gasteiger partial charge in [-0.25, -0.2) is 0 Å². The quantitative estimate of drug-likeness (QED) is 0.425. The van der Waals surface area contributed by atoms with Crippen LogP contribution in [-0.2, 0) is 13.0 Å². The van der Waals surface area contributed by atoms with Gasteiger partial charge in [0.05, 0.1) is 19.0 Å². The maximum Gasteiger partial charge on any atom is 0.191 e. The zero-order valence-electron chi connectivity index (χ0n) is 11.9. The van der Waals surface area contributed by atoms with Gasteiger partial charge in [-0.3, -0.25) is 10.1 Å². The first-order valence-corrected chi connectivity index (χ1v) is 6.75. The third kappa shape index (κ3) is 4.15. The van der Waals surface area contributed by atoms with Crippen molar-refractivity contribution in [3.63, 3.8) is 0 Å². The summed E-state index contributed by atoms with van der Waals surface area (Å²) >= 11 is 0. The number of nitrogens with zero attached hydrogens (tertiary/aromatic N) is 2. The summed E-state index contributed by atoms with van der Waals surface area (Å²) in [7, 11) is 1.76. The lowest BCUT2D eigenvalue weighted by Gasteiger charge is -2.10. The first kappa shape index (κ1) is 14.2. The molecule has 0 saturated carbocycles. The van der Waals surface area contributed by atoms with Crippen LogP contribution in [0.2, 0.25) is 0 Å². The molecule has 6 nitrogen and oxygen atoms in total. The van der Waals surface area contributed by atoms with Crippen LogP contribution in [0.3, 0.4) is 0 Å². The van der Waals surface area contributed by atoms with Crippen LogP contribution in [0, 0.1) is 6.92 Å². The number of guanidine groups is 1. The van der Waals surface area contributed by atoms with E-state index in [9.17, 15) is 0 Å². The Bertz CT molecular complexity index is 530. The molecule has 108 valence electrons. The average molecular weight is 275 g/mol. The van der Waals surface area contributed by atoms with Crippen LogP contribution in [0.5, 0.6) is 0 Å². The summed E-state index contributed by atoms with van der Waals surface area (Å²) in [5.41, 5.74) is 2.41. The molecule has 0 aliphatic heterocycles. The summed E-state index contributed by atoms with van der Waals surface area (Å²) in [6, 6.07) is 3.81. The van der Waals surface area contributed by atoms with Gasteiger partial charge in [0, 0.05) is 19.3 Å². The molecule has 0 bridgehead atoms. The topological polar surface area (TPSA) is 78.2 Å². The van der Waals surface area contributed by atoms with E-state index < -0.39 is 0 Å². The maximum absolute atomic E-state index is 5.26. The Kier molecular flexibility index (Phi) is 5.23. The van der Waals surface area contributed by atoms with Crippen molar-refractivity contribution in [2.45, 2.75) is 26.3 Å². The van der Waals surface area contributed by atoms with Crippen LogP contribution >= 0.6 is 0 Å². The van der Waals surface area contributed by atoms with Gasteiger partial charge >= 0.3 is 0 Å². The van der Waals surface area contributed by atoms with E-state index in [4.69, 9.17) is 4.42 Å². The fourth-order valence-electron chi connectivity index (χ4n) is 1.92. The Hall–Kier alpha value is -2.24. The second-order valence-electron chi connectivity index (χ2n) is 4.56. The molecule has 0 aliphatic carbocycles. The Morgan fingerprint density at radius 2 is 2.35 bits per heavy atom. The van der Waals surface area contributed by atoms with E-state index in [0.717, 1.165) is 36.8 Å². The normalized spacial score (nSPS) is 11.6. The van der Waals surface area contributed by atoms with Gasteiger partial charge in [0.2, 0.25) is 0 Å². The van der Waals surface area contributed by atoms with Gasteiger partial charge in [-0.05, 0) is 37.5 Å².